The minimum Gasteiger partial charge on any atom is -0.497 e. The van der Waals surface area contributed by atoms with Crippen molar-refractivity contribution in [2.75, 3.05) is 38.6 Å². The van der Waals surface area contributed by atoms with Gasteiger partial charge in [0, 0.05) is 31.9 Å². The average Bonchev–Trinajstić information content (AvgIpc) is 2.75. The standard InChI is InChI=1S/C24H30FN3O4/c1-24(2,3)32-23(30)28-15-13-27(14-16-28)21(17-5-11-20(31-4)12-6-17)22(29)26-19-9-7-18(25)8-10-19/h5-12,21H,13-16H2,1-4H3,(H,26,29). The molecular formula is C24H30FN3O4. The number of nitrogens with one attached hydrogen (secondary N) is 1. The number of benzene rings is 2. The smallest absolute Gasteiger partial charge is 0.410 e. The Hall–Kier alpha value is -3.13. The van der Waals surface area contributed by atoms with Crippen molar-refractivity contribution in [2.45, 2.75) is 32.4 Å². The minimum atomic E-state index is -0.577. The topological polar surface area (TPSA) is 71.1 Å². The van der Waals surface area contributed by atoms with E-state index in [1.165, 1.54) is 24.3 Å². The number of anilines is 1. The third-order valence-corrected chi connectivity index (χ3v) is 5.12. The zero-order valence-electron chi connectivity index (χ0n) is 18.9. The number of hydrogen-bond donors (Lipinski definition) is 1. The fraction of sp³-hybridized carbons (Fsp3) is 0.417. The van der Waals surface area contributed by atoms with Gasteiger partial charge in [-0.15, -0.1) is 0 Å². The fourth-order valence-corrected chi connectivity index (χ4v) is 3.55. The van der Waals surface area contributed by atoms with E-state index in [1.54, 1.807) is 12.0 Å². The van der Waals surface area contributed by atoms with Crippen LogP contribution in [0.5, 0.6) is 5.75 Å². The molecule has 1 fully saturated rings. The van der Waals surface area contributed by atoms with E-state index in [9.17, 15) is 14.0 Å². The van der Waals surface area contributed by atoms with Crippen LogP contribution in [0.2, 0.25) is 0 Å². The van der Waals surface area contributed by atoms with Gasteiger partial charge in [0.15, 0.2) is 0 Å². The largest absolute Gasteiger partial charge is 0.497 e. The van der Waals surface area contributed by atoms with Gasteiger partial charge in [0.1, 0.15) is 23.2 Å². The maximum atomic E-state index is 13.3. The maximum Gasteiger partial charge on any atom is 0.410 e. The molecule has 3 rings (SSSR count). The van der Waals surface area contributed by atoms with Crippen molar-refractivity contribution in [3.8, 4) is 5.75 Å². The van der Waals surface area contributed by atoms with Gasteiger partial charge in [0.25, 0.3) is 0 Å². The van der Waals surface area contributed by atoms with E-state index in [2.05, 4.69) is 5.32 Å². The van der Waals surface area contributed by atoms with Crippen LogP contribution >= 0.6 is 0 Å². The first kappa shape index (κ1) is 23.5. The molecular weight excluding hydrogens is 413 g/mol. The lowest BCUT2D eigenvalue weighted by Crippen LogP contribution is -2.52. The minimum absolute atomic E-state index is 0.229. The van der Waals surface area contributed by atoms with Gasteiger partial charge in [-0.1, -0.05) is 12.1 Å². The summed E-state index contributed by atoms with van der Waals surface area (Å²) in [5.74, 6) is 0.0987. The van der Waals surface area contributed by atoms with E-state index >= 15 is 0 Å². The molecule has 8 heteroatoms. The number of piperazine rings is 1. The highest BCUT2D eigenvalue weighted by Crippen LogP contribution is 2.27. The van der Waals surface area contributed by atoms with Gasteiger partial charge in [-0.2, -0.15) is 0 Å². The lowest BCUT2D eigenvalue weighted by atomic mass is 10.0. The molecule has 1 unspecified atom stereocenters. The fourth-order valence-electron chi connectivity index (χ4n) is 3.55. The molecule has 1 heterocycles. The number of amides is 2. The van der Waals surface area contributed by atoms with Crippen LogP contribution in [0.25, 0.3) is 0 Å². The number of methoxy groups -OCH3 is 1. The van der Waals surface area contributed by atoms with Crippen LogP contribution in [-0.2, 0) is 9.53 Å². The van der Waals surface area contributed by atoms with Gasteiger partial charge in [-0.3, -0.25) is 9.69 Å². The highest BCUT2D eigenvalue weighted by Gasteiger charge is 2.33. The molecule has 1 atom stereocenters. The van der Waals surface area contributed by atoms with E-state index in [4.69, 9.17) is 9.47 Å². The summed E-state index contributed by atoms with van der Waals surface area (Å²) in [7, 11) is 1.59. The van der Waals surface area contributed by atoms with E-state index in [1.807, 2.05) is 49.9 Å². The Balaban J connectivity index is 1.76. The molecule has 1 aliphatic heterocycles. The van der Waals surface area contributed by atoms with Crippen LogP contribution in [0, 0.1) is 5.82 Å². The highest BCUT2D eigenvalue weighted by molar-refractivity contribution is 5.95. The Morgan fingerprint density at radius 1 is 0.969 bits per heavy atom. The molecule has 2 amide bonds. The van der Waals surface area contributed by atoms with Crippen LogP contribution in [0.1, 0.15) is 32.4 Å². The number of rotatable bonds is 5. The SMILES string of the molecule is COc1ccc(C(C(=O)Nc2ccc(F)cc2)N2CCN(C(=O)OC(C)(C)C)CC2)cc1. The Morgan fingerprint density at radius 3 is 2.09 bits per heavy atom. The van der Waals surface area contributed by atoms with Gasteiger partial charge < -0.3 is 19.7 Å². The second-order valence-electron chi connectivity index (χ2n) is 8.68. The first-order valence-electron chi connectivity index (χ1n) is 10.6. The van der Waals surface area contributed by atoms with Crippen LogP contribution in [0.3, 0.4) is 0 Å². The molecule has 172 valence electrons. The van der Waals surface area contributed by atoms with Crippen molar-refractivity contribution in [3.63, 3.8) is 0 Å². The summed E-state index contributed by atoms with van der Waals surface area (Å²) >= 11 is 0. The molecule has 0 saturated carbocycles. The molecule has 1 aliphatic rings. The quantitative estimate of drug-likeness (QED) is 0.755. The number of carbonyl (C=O) groups is 2. The summed E-state index contributed by atoms with van der Waals surface area (Å²) in [5, 5.41) is 2.87. The van der Waals surface area contributed by atoms with E-state index in [0.29, 0.717) is 37.6 Å². The summed E-state index contributed by atoms with van der Waals surface area (Å²) in [4.78, 5) is 29.4. The van der Waals surface area contributed by atoms with E-state index in [0.717, 1.165) is 5.56 Å². The normalized spacial score (nSPS) is 15.7. The summed E-state index contributed by atoms with van der Waals surface area (Å²) < 4.78 is 23.9. The highest BCUT2D eigenvalue weighted by atomic mass is 19.1. The van der Waals surface area contributed by atoms with E-state index < -0.39 is 11.6 Å². The van der Waals surface area contributed by atoms with Crippen molar-refractivity contribution in [2.24, 2.45) is 0 Å². The first-order chi connectivity index (χ1) is 15.2. The summed E-state index contributed by atoms with van der Waals surface area (Å²) in [6.07, 6.45) is -0.353. The van der Waals surface area contributed by atoms with Crippen molar-refractivity contribution >= 4 is 17.7 Å². The Bertz CT molecular complexity index is 918. The summed E-state index contributed by atoms with van der Waals surface area (Å²) in [6.45, 7) is 7.41. The van der Waals surface area contributed by atoms with Gasteiger partial charge in [0.05, 0.1) is 7.11 Å². The van der Waals surface area contributed by atoms with Crippen LogP contribution < -0.4 is 10.1 Å². The molecule has 0 bridgehead atoms. The predicted molar refractivity (Wildman–Crippen MR) is 120 cm³/mol. The van der Waals surface area contributed by atoms with E-state index in [-0.39, 0.29) is 17.8 Å². The number of hydrogen-bond acceptors (Lipinski definition) is 5. The molecule has 0 aliphatic carbocycles. The zero-order valence-corrected chi connectivity index (χ0v) is 18.9. The Morgan fingerprint density at radius 2 is 1.56 bits per heavy atom. The Labute approximate surface area is 188 Å². The first-order valence-corrected chi connectivity index (χ1v) is 10.6. The number of nitrogens with zero attached hydrogens (tertiary/aromatic N) is 2. The number of carbonyl (C=O) groups excluding carboxylic acids is 2. The maximum absolute atomic E-state index is 13.3. The van der Waals surface area contributed by atoms with Crippen molar-refractivity contribution in [1.29, 1.82) is 0 Å². The third-order valence-electron chi connectivity index (χ3n) is 5.12. The van der Waals surface area contributed by atoms with Crippen LogP contribution in [-0.4, -0.2) is 60.7 Å². The zero-order chi connectivity index (χ0) is 23.3. The van der Waals surface area contributed by atoms with Crippen molar-refractivity contribution in [1.82, 2.24) is 9.80 Å². The van der Waals surface area contributed by atoms with Crippen LogP contribution in [0.15, 0.2) is 48.5 Å². The molecule has 32 heavy (non-hydrogen) atoms. The summed E-state index contributed by atoms with van der Waals surface area (Å²) in [5.41, 5.74) is 0.757. The molecule has 7 nitrogen and oxygen atoms in total. The lowest BCUT2D eigenvalue weighted by Gasteiger charge is -2.39. The monoisotopic (exact) mass is 443 g/mol. The van der Waals surface area contributed by atoms with Crippen molar-refractivity contribution < 1.29 is 23.5 Å². The molecule has 2 aromatic rings. The molecule has 2 aromatic carbocycles. The van der Waals surface area contributed by atoms with Crippen LogP contribution in [0.4, 0.5) is 14.9 Å². The molecule has 0 aromatic heterocycles. The number of halogens is 1. The second kappa shape index (κ2) is 9.99. The molecule has 0 radical (unpaired) electrons. The molecule has 1 saturated heterocycles. The van der Waals surface area contributed by atoms with Gasteiger partial charge >= 0.3 is 6.09 Å². The van der Waals surface area contributed by atoms with Gasteiger partial charge in [0.2, 0.25) is 5.91 Å². The van der Waals surface area contributed by atoms with Gasteiger partial charge in [-0.25, -0.2) is 9.18 Å². The average molecular weight is 444 g/mol. The molecule has 1 N–H and O–H groups in total. The number of ether oxygens (including phenoxy) is 2. The summed E-state index contributed by atoms with van der Waals surface area (Å²) in [6, 6.07) is 12.4. The predicted octanol–water partition coefficient (Wildman–Crippen LogP) is 4.07. The Kier molecular flexibility index (Phi) is 7.35. The second-order valence-corrected chi connectivity index (χ2v) is 8.68. The van der Waals surface area contributed by atoms with Gasteiger partial charge in [-0.05, 0) is 62.7 Å². The third kappa shape index (κ3) is 6.20. The lowest BCUT2D eigenvalue weighted by molar-refractivity contribution is -0.122. The van der Waals surface area contributed by atoms with Crippen molar-refractivity contribution in [3.05, 3.63) is 59.9 Å². The molecule has 0 spiro atoms.